The molecule has 0 aliphatic rings. The van der Waals surface area contributed by atoms with Crippen molar-refractivity contribution in [2.75, 3.05) is 38.1 Å². The van der Waals surface area contributed by atoms with Crippen molar-refractivity contribution >= 4 is 5.82 Å². The van der Waals surface area contributed by atoms with Crippen LogP contribution in [0.4, 0.5) is 5.82 Å². The third-order valence-electron chi connectivity index (χ3n) is 3.31. The summed E-state index contributed by atoms with van der Waals surface area (Å²) >= 11 is 0. The number of ether oxygens (including phenoxy) is 1. The van der Waals surface area contributed by atoms with Gasteiger partial charge in [-0.25, -0.2) is 4.98 Å². The molecule has 0 amide bonds. The number of aromatic nitrogens is 2. The van der Waals surface area contributed by atoms with Crippen LogP contribution in [-0.4, -0.2) is 47.7 Å². The number of likely N-dealkylation sites (N-methyl/N-ethyl adjacent to an activating group) is 1. The lowest BCUT2D eigenvalue weighted by Crippen LogP contribution is -2.28. The lowest BCUT2D eigenvalue weighted by Gasteiger charge is -2.18. The first-order chi connectivity index (χ1) is 10.2. The fraction of sp³-hybridized carbons (Fsp3) is 0.750. The maximum atomic E-state index is 5.65. The third-order valence-corrected chi connectivity index (χ3v) is 3.31. The second-order valence-electron chi connectivity index (χ2n) is 5.06. The Balaban J connectivity index is 2.63. The molecular weight excluding hydrogens is 264 g/mol. The van der Waals surface area contributed by atoms with E-state index in [1.54, 1.807) is 0 Å². The van der Waals surface area contributed by atoms with Gasteiger partial charge in [-0.3, -0.25) is 0 Å². The fourth-order valence-corrected chi connectivity index (χ4v) is 2.06. The van der Waals surface area contributed by atoms with Gasteiger partial charge in [-0.05, 0) is 25.9 Å². The Morgan fingerprint density at radius 2 is 1.86 bits per heavy atom. The SMILES string of the molecule is CCCOc1cc(NCCN(CC)CC)nc(CCC)n1. The molecule has 1 N–H and O–H groups in total. The summed E-state index contributed by atoms with van der Waals surface area (Å²) in [6.45, 7) is 13.4. The van der Waals surface area contributed by atoms with Crippen LogP contribution < -0.4 is 10.1 Å². The standard InChI is InChI=1S/C16H30N4O/c1-5-9-14-18-15(13-16(19-14)21-12-6-2)17-10-11-20(7-3)8-4/h13H,5-12H2,1-4H3,(H,17,18,19). The van der Waals surface area contributed by atoms with Crippen molar-refractivity contribution in [2.24, 2.45) is 0 Å². The third kappa shape index (κ3) is 6.76. The van der Waals surface area contributed by atoms with Gasteiger partial charge in [-0.1, -0.05) is 27.7 Å². The molecule has 1 aromatic heterocycles. The van der Waals surface area contributed by atoms with Crippen LogP contribution in [0.25, 0.3) is 0 Å². The molecule has 1 aromatic rings. The molecule has 5 nitrogen and oxygen atoms in total. The van der Waals surface area contributed by atoms with E-state index in [4.69, 9.17) is 4.74 Å². The van der Waals surface area contributed by atoms with Crippen molar-refractivity contribution in [1.29, 1.82) is 0 Å². The van der Waals surface area contributed by atoms with Crippen LogP contribution in [-0.2, 0) is 6.42 Å². The first-order valence-corrected chi connectivity index (χ1v) is 8.20. The van der Waals surface area contributed by atoms with E-state index in [2.05, 4.69) is 47.9 Å². The lowest BCUT2D eigenvalue weighted by atomic mass is 10.3. The quantitative estimate of drug-likeness (QED) is 0.680. The summed E-state index contributed by atoms with van der Waals surface area (Å²) in [6.07, 6.45) is 2.90. The lowest BCUT2D eigenvalue weighted by molar-refractivity contribution is 0.303. The number of hydrogen-bond acceptors (Lipinski definition) is 5. The molecule has 1 rings (SSSR count). The van der Waals surface area contributed by atoms with E-state index in [1.807, 2.05) is 6.07 Å². The van der Waals surface area contributed by atoms with Crippen LogP contribution in [0.2, 0.25) is 0 Å². The minimum Gasteiger partial charge on any atom is -0.478 e. The van der Waals surface area contributed by atoms with E-state index in [0.717, 1.165) is 57.1 Å². The van der Waals surface area contributed by atoms with Crippen molar-refractivity contribution < 1.29 is 4.74 Å². The van der Waals surface area contributed by atoms with Crippen LogP contribution in [0.5, 0.6) is 5.88 Å². The average molecular weight is 294 g/mol. The van der Waals surface area contributed by atoms with Gasteiger partial charge in [0.15, 0.2) is 0 Å². The molecule has 120 valence electrons. The topological polar surface area (TPSA) is 50.3 Å². The van der Waals surface area contributed by atoms with E-state index in [-0.39, 0.29) is 0 Å². The van der Waals surface area contributed by atoms with Crippen LogP contribution in [0.3, 0.4) is 0 Å². The average Bonchev–Trinajstić information content (AvgIpc) is 2.50. The van der Waals surface area contributed by atoms with Crippen molar-refractivity contribution in [3.63, 3.8) is 0 Å². The number of nitrogens with zero attached hydrogens (tertiary/aromatic N) is 3. The number of rotatable bonds is 11. The highest BCUT2D eigenvalue weighted by atomic mass is 16.5. The molecule has 0 fully saturated rings. The first-order valence-electron chi connectivity index (χ1n) is 8.20. The van der Waals surface area contributed by atoms with Crippen LogP contribution >= 0.6 is 0 Å². The molecule has 0 aliphatic heterocycles. The number of nitrogens with one attached hydrogen (secondary N) is 1. The summed E-state index contributed by atoms with van der Waals surface area (Å²) in [7, 11) is 0. The molecule has 0 unspecified atom stereocenters. The molecule has 0 saturated carbocycles. The monoisotopic (exact) mass is 294 g/mol. The Morgan fingerprint density at radius 3 is 2.48 bits per heavy atom. The van der Waals surface area contributed by atoms with Crippen molar-refractivity contribution in [3.05, 3.63) is 11.9 Å². The second kappa shape index (κ2) is 10.4. The molecule has 0 aromatic carbocycles. The Kier molecular flexibility index (Phi) is 8.74. The van der Waals surface area contributed by atoms with E-state index in [0.29, 0.717) is 12.5 Å². The Labute approximate surface area is 129 Å². The van der Waals surface area contributed by atoms with E-state index in [9.17, 15) is 0 Å². The van der Waals surface area contributed by atoms with Gasteiger partial charge in [0.25, 0.3) is 0 Å². The fourth-order valence-electron chi connectivity index (χ4n) is 2.06. The summed E-state index contributed by atoms with van der Waals surface area (Å²) in [5.74, 6) is 2.41. The second-order valence-corrected chi connectivity index (χ2v) is 5.06. The smallest absolute Gasteiger partial charge is 0.218 e. The minimum absolute atomic E-state index is 0.681. The molecule has 5 heteroatoms. The summed E-state index contributed by atoms with van der Waals surface area (Å²) in [4.78, 5) is 11.4. The van der Waals surface area contributed by atoms with Gasteiger partial charge in [-0.2, -0.15) is 4.98 Å². The van der Waals surface area contributed by atoms with Crippen LogP contribution in [0, 0.1) is 0 Å². The highest BCUT2D eigenvalue weighted by Crippen LogP contribution is 2.14. The number of anilines is 1. The van der Waals surface area contributed by atoms with Crippen molar-refractivity contribution in [2.45, 2.75) is 47.0 Å². The van der Waals surface area contributed by atoms with Gasteiger partial charge in [0.1, 0.15) is 11.6 Å². The Bertz CT molecular complexity index is 394. The molecule has 0 radical (unpaired) electrons. The highest BCUT2D eigenvalue weighted by Gasteiger charge is 2.06. The minimum atomic E-state index is 0.681. The predicted molar refractivity (Wildman–Crippen MR) is 88.1 cm³/mol. The Hall–Kier alpha value is -1.36. The van der Waals surface area contributed by atoms with Gasteiger partial charge >= 0.3 is 0 Å². The Morgan fingerprint density at radius 1 is 1.10 bits per heavy atom. The zero-order chi connectivity index (χ0) is 15.5. The summed E-state index contributed by atoms with van der Waals surface area (Å²) < 4.78 is 5.65. The molecule has 0 bridgehead atoms. The van der Waals surface area contributed by atoms with E-state index >= 15 is 0 Å². The zero-order valence-electron chi connectivity index (χ0n) is 14.0. The molecule has 0 saturated heterocycles. The normalized spacial score (nSPS) is 10.9. The summed E-state index contributed by atoms with van der Waals surface area (Å²) in [5, 5.41) is 3.39. The summed E-state index contributed by atoms with van der Waals surface area (Å²) in [5.41, 5.74) is 0. The molecule has 21 heavy (non-hydrogen) atoms. The van der Waals surface area contributed by atoms with Gasteiger partial charge in [0.05, 0.1) is 6.61 Å². The molecule has 0 atom stereocenters. The van der Waals surface area contributed by atoms with Crippen molar-refractivity contribution in [3.8, 4) is 5.88 Å². The molecule has 1 heterocycles. The molecular formula is C16H30N4O. The first kappa shape index (κ1) is 17.7. The van der Waals surface area contributed by atoms with E-state index < -0.39 is 0 Å². The van der Waals surface area contributed by atoms with Gasteiger partial charge in [0, 0.05) is 25.6 Å². The van der Waals surface area contributed by atoms with Crippen molar-refractivity contribution in [1.82, 2.24) is 14.9 Å². The van der Waals surface area contributed by atoms with Gasteiger partial charge in [0.2, 0.25) is 5.88 Å². The van der Waals surface area contributed by atoms with Gasteiger partial charge in [-0.15, -0.1) is 0 Å². The zero-order valence-corrected chi connectivity index (χ0v) is 14.0. The number of hydrogen-bond donors (Lipinski definition) is 1. The van der Waals surface area contributed by atoms with Crippen LogP contribution in [0.15, 0.2) is 6.07 Å². The summed E-state index contributed by atoms with van der Waals surface area (Å²) in [6, 6.07) is 1.90. The van der Waals surface area contributed by atoms with Gasteiger partial charge < -0.3 is 15.0 Å². The maximum absolute atomic E-state index is 5.65. The number of aryl methyl sites for hydroxylation is 1. The van der Waals surface area contributed by atoms with E-state index in [1.165, 1.54) is 0 Å². The maximum Gasteiger partial charge on any atom is 0.218 e. The predicted octanol–water partition coefficient (Wildman–Crippen LogP) is 2.97. The molecule has 0 aliphatic carbocycles. The van der Waals surface area contributed by atoms with Crippen LogP contribution in [0.1, 0.15) is 46.4 Å². The molecule has 0 spiro atoms. The highest BCUT2D eigenvalue weighted by molar-refractivity contribution is 5.38. The largest absolute Gasteiger partial charge is 0.478 e.